The molecule has 0 N–H and O–H groups in total. The molecular formula is C12H11ClN2O2. The summed E-state index contributed by atoms with van der Waals surface area (Å²) in [6.45, 7) is 1.80. The van der Waals surface area contributed by atoms with Crippen LogP contribution in [0.1, 0.15) is 5.69 Å². The monoisotopic (exact) mass is 250 g/mol. The highest BCUT2D eigenvalue weighted by atomic mass is 35.5. The summed E-state index contributed by atoms with van der Waals surface area (Å²) >= 11 is 5.92. The van der Waals surface area contributed by atoms with Crippen LogP contribution in [-0.4, -0.2) is 16.9 Å². The van der Waals surface area contributed by atoms with E-state index in [-0.39, 0.29) is 11.3 Å². The molecule has 0 aliphatic carbocycles. The zero-order chi connectivity index (χ0) is 12.4. The van der Waals surface area contributed by atoms with Gasteiger partial charge in [0.2, 0.25) is 5.43 Å². The van der Waals surface area contributed by atoms with Crippen LogP contribution >= 0.6 is 11.6 Å². The van der Waals surface area contributed by atoms with Crippen LogP contribution < -0.4 is 10.2 Å². The number of benzene rings is 1. The van der Waals surface area contributed by atoms with Crippen LogP contribution in [0.15, 0.2) is 35.1 Å². The molecule has 0 radical (unpaired) electrons. The first-order valence-electron chi connectivity index (χ1n) is 5.03. The third kappa shape index (κ3) is 2.31. The van der Waals surface area contributed by atoms with Gasteiger partial charge in [-0.05, 0) is 25.1 Å². The summed E-state index contributed by atoms with van der Waals surface area (Å²) in [4.78, 5) is 11.5. The highest BCUT2D eigenvalue weighted by molar-refractivity contribution is 6.30. The number of halogens is 1. The number of nitrogens with zero attached hydrogens (tertiary/aromatic N) is 2. The third-order valence-electron chi connectivity index (χ3n) is 2.32. The van der Waals surface area contributed by atoms with Gasteiger partial charge in [0.1, 0.15) is 0 Å². The lowest BCUT2D eigenvalue weighted by Crippen LogP contribution is -2.15. The van der Waals surface area contributed by atoms with Crippen LogP contribution in [-0.2, 0) is 0 Å². The fourth-order valence-electron chi connectivity index (χ4n) is 1.54. The highest BCUT2D eigenvalue weighted by Gasteiger charge is 2.07. The summed E-state index contributed by atoms with van der Waals surface area (Å²) in [6, 6.07) is 8.71. The normalized spacial score (nSPS) is 10.3. The molecule has 17 heavy (non-hydrogen) atoms. The molecule has 0 amide bonds. The van der Waals surface area contributed by atoms with Gasteiger partial charge in [-0.3, -0.25) is 4.79 Å². The summed E-state index contributed by atoms with van der Waals surface area (Å²) in [7, 11) is 1.42. The second-order valence-corrected chi connectivity index (χ2v) is 3.99. The molecule has 2 rings (SSSR count). The molecule has 1 aromatic carbocycles. The number of hydrogen-bond donors (Lipinski definition) is 0. The van der Waals surface area contributed by atoms with Gasteiger partial charge in [0.15, 0.2) is 0 Å². The van der Waals surface area contributed by atoms with E-state index in [2.05, 4.69) is 5.10 Å². The molecule has 0 saturated heterocycles. The lowest BCUT2D eigenvalue weighted by Gasteiger charge is -2.10. The van der Waals surface area contributed by atoms with Crippen LogP contribution in [0, 0.1) is 6.92 Å². The zero-order valence-corrected chi connectivity index (χ0v) is 10.2. The van der Waals surface area contributed by atoms with Gasteiger partial charge in [-0.2, -0.15) is 0 Å². The van der Waals surface area contributed by atoms with Crippen molar-refractivity contribution in [3.05, 3.63) is 51.3 Å². The Kier molecular flexibility index (Phi) is 3.15. The summed E-state index contributed by atoms with van der Waals surface area (Å²) in [6.07, 6.45) is 0. The molecule has 5 heteroatoms. The second kappa shape index (κ2) is 4.59. The quantitative estimate of drug-likeness (QED) is 0.821. The van der Waals surface area contributed by atoms with Crippen LogP contribution in [0.4, 0.5) is 0 Å². The predicted octanol–water partition coefficient (Wildman–Crippen LogP) is 2.20. The van der Waals surface area contributed by atoms with Gasteiger partial charge in [-0.25, -0.2) is 4.68 Å². The van der Waals surface area contributed by atoms with Gasteiger partial charge in [-0.15, -0.1) is 5.10 Å². The van der Waals surface area contributed by atoms with Gasteiger partial charge < -0.3 is 4.74 Å². The smallest absolute Gasteiger partial charge is 0.279 e. The van der Waals surface area contributed by atoms with Crippen LogP contribution in [0.3, 0.4) is 0 Å². The van der Waals surface area contributed by atoms with E-state index < -0.39 is 0 Å². The Bertz CT molecular complexity index is 608. The Hall–Kier alpha value is -1.81. The Morgan fingerprint density at radius 1 is 1.35 bits per heavy atom. The van der Waals surface area contributed by atoms with E-state index >= 15 is 0 Å². The van der Waals surface area contributed by atoms with E-state index in [1.54, 1.807) is 23.7 Å². The lowest BCUT2D eigenvalue weighted by molar-refractivity contribution is 0.382. The fraction of sp³-hybridized carbons (Fsp3) is 0.167. The Morgan fingerprint density at radius 2 is 2.12 bits per heavy atom. The number of aryl methyl sites for hydroxylation is 1. The molecule has 0 fully saturated rings. The number of hydrogen-bond acceptors (Lipinski definition) is 3. The molecule has 0 saturated carbocycles. The Labute approximate surface area is 103 Å². The maximum absolute atomic E-state index is 11.5. The van der Waals surface area contributed by atoms with Gasteiger partial charge >= 0.3 is 0 Å². The van der Waals surface area contributed by atoms with Gasteiger partial charge in [0.05, 0.1) is 12.8 Å². The Balaban J connectivity index is 2.63. The molecule has 2 aromatic rings. The van der Waals surface area contributed by atoms with E-state index in [0.717, 1.165) is 11.4 Å². The van der Waals surface area contributed by atoms with Crippen molar-refractivity contribution >= 4 is 11.6 Å². The lowest BCUT2D eigenvalue weighted by atomic mass is 10.3. The molecule has 0 unspecified atom stereocenters. The van der Waals surface area contributed by atoms with Crippen molar-refractivity contribution in [1.82, 2.24) is 9.78 Å². The first kappa shape index (κ1) is 11.7. The zero-order valence-electron chi connectivity index (χ0n) is 9.48. The van der Waals surface area contributed by atoms with Crippen molar-refractivity contribution in [2.45, 2.75) is 6.92 Å². The van der Waals surface area contributed by atoms with Crippen molar-refractivity contribution in [1.29, 1.82) is 0 Å². The van der Waals surface area contributed by atoms with E-state index in [0.29, 0.717) is 5.02 Å². The van der Waals surface area contributed by atoms with Crippen molar-refractivity contribution in [2.75, 3.05) is 7.11 Å². The number of ether oxygens (including phenoxy) is 1. The minimum atomic E-state index is -0.233. The molecule has 1 aromatic heterocycles. The standard InChI is InChI=1S/C12H11ClN2O2/c1-8-6-11(16)12(17-2)14-15(8)10-5-3-4-9(13)7-10/h3-7H,1-2H3. The van der Waals surface area contributed by atoms with Gasteiger partial charge in [0.25, 0.3) is 5.88 Å². The maximum atomic E-state index is 11.5. The largest absolute Gasteiger partial charge is 0.477 e. The molecule has 0 aliphatic heterocycles. The molecule has 0 spiro atoms. The average Bonchev–Trinajstić information content (AvgIpc) is 2.29. The molecule has 88 valence electrons. The molecule has 1 heterocycles. The van der Waals surface area contributed by atoms with Crippen LogP contribution in [0.2, 0.25) is 5.02 Å². The molecular weight excluding hydrogens is 240 g/mol. The van der Waals surface area contributed by atoms with Gasteiger partial charge in [0, 0.05) is 16.8 Å². The first-order chi connectivity index (χ1) is 8.11. The highest BCUT2D eigenvalue weighted by Crippen LogP contribution is 2.15. The minimum absolute atomic E-state index is 0.0653. The van der Waals surface area contributed by atoms with Crippen LogP contribution in [0.5, 0.6) is 5.88 Å². The predicted molar refractivity (Wildman–Crippen MR) is 66.1 cm³/mol. The fourth-order valence-corrected chi connectivity index (χ4v) is 1.73. The van der Waals surface area contributed by atoms with Crippen molar-refractivity contribution in [3.8, 4) is 11.6 Å². The third-order valence-corrected chi connectivity index (χ3v) is 2.56. The minimum Gasteiger partial charge on any atom is -0.477 e. The van der Waals surface area contributed by atoms with Crippen molar-refractivity contribution < 1.29 is 4.74 Å². The molecule has 4 nitrogen and oxygen atoms in total. The van der Waals surface area contributed by atoms with Gasteiger partial charge in [-0.1, -0.05) is 17.7 Å². The maximum Gasteiger partial charge on any atom is 0.279 e. The molecule has 0 aliphatic rings. The van der Waals surface area contributed by atoms with E-state index in [4.69, 9.17) is 16.3 Å². The van der Waals surface area contributed by atoms with E-state index in [1.807, 2.05) is 12.1 Å². The summed E-state index contributed by atoms with van der Waals surface area (Å²) in [5.74, 6) is 0.0653. The average molecular weight is 251 g/mol. The molecule has 0 atom stereocenters. The number of methoxy groups -OCH3 is 1. The number of rotatable bonds is 2. The summed E-state index contributed by atoms with van der Waals surface area (Å²) < 4.78 is 6.53. The SMILES string of the molecule is COc1nn(-c2cccc(Cl)c2)c(C)cc1=O. The van der Waals surface area contributed by atoms with Crippen LogP contribution in [0.25, 0.3) is 5.69 Å². The summed E-state index contributed by atoms with van der Waals surface area (Å²) in [5, 5.41) is 4.74. The first-order valence-corrected chi connectivity index (χ1v) is 5.40. The van der Waals surface area contributed by atoms with E-state index in [9.17, 15) is 4.79 Å². The van der Waals surface area contributed by atoms with Crippen molar-refractivity contribution in [2.24, 2.45) is 0 Å². The summed E-state index contributed by atoms with van der Waals surface area (Å²) in [5.41, 5.74) is 1.27. The Morgan fingerprint density at radius 3 is 2.76 bits per heavy atom. The molecule has 0 bridgehead atoms. The number of aromatic nitrogens is 2. The van der Waals surface area contributed by atoms with E-state index in [1.165, 1.54) is 13.2 Å². The van der Waals surface area contributed by atoms with Crippen molar-refractivity contribution in [3.63, 3.8) is 0 Å². The second-order valence-electron chi connectivity index (χ2n) is 3.55. The topological polar surface area (TPSA) is 44.1 Å².